The normalized spacial score (nSPS) is 18.4. The molecule has 1 atom stereocenters. The molecule has 1 fully saturated rings. The summed E-state index contributed by atoms with van der Waals surface area (Å²) in [4.78, 5) is 4.26. The standard InChI is InChI=1S/C13H12ClFN2O3/c14-10-5-9(1-2-11(10)15)19-7-12-16-13(17-20-12)8-3-4-18-6-8/h1-2,5,8H,3-4,6-7H2. The van der Waals surface area contributed by atoms with Gasteiger partial charge in [0.25, 0.3) is 5.89 Å². The van der Waals surface area contributed by atoms with Crippen LogP contribution in [-0.4, -0.2) is 23.4 Å². The summed E-state index contributed by atoms with van der Waals surface area (Å²) in [5, 5.41) is 3.92. The Morgan fingerprint density at radius 1 is 1.45 bits per heavy atom. The highest BCUT2D eigenvalue weighted by Gasteiger charge is 2.23. The van der Waals surface area contributed by atoms with E-state index < -0.39 is 5.82 Å². The summed E-state index contributed by atoms with van der Waals surface area (Å²) in [7, 11) is 0. The van der Waals surface area contributed by atoms with Crippen LogP contribution in [0.3, 0.4) is 0 Å². The van der Waals surface area contributed by atoms with E-state index in [1.807, 2.05) is 0 Å². The molecule has 0 bridgehead atoms. The molecule has 0 N–H and O–H groups in total. The van der Waals surface area contributed by atoms with Gasteiger partial charge in [-0.15, -0.1) is 0 Å². The largest absolute Gasteiger partial charge is 0.484 e. The molecule has 1 aliphatic heterocycles. The van der Waals surface area contributed by atoms with Crippen molar-refractivity contribution in [1.29, 1.82) is 0 Å². The van der Waals surface area contributed by atoms with Gasteiger partial charge in [-0.25, -0.2) is 4.39 Å². The molecule has 0 amide bonds. The summed E-state index contributed by atoms with van der Waals surface area (Å²) >= 11 is 5.67. The second-order valence-corrected chi connectivity index (χ2v) is 4.88. The zero-order chi connectivity index (χ0) is 13.9. The van der Waals surface area contributed by atoms with Gasteiger partial charge in [-0.05, 0) is 18.6 Å². The topological polar surface area (TPSA) is 57.4 Å². The molecule has 106 valence electrons. The molecule has 1 unspecified atom stereocenters. The summed E-state index contributed by atoms with van der Waals surface area (Å²) in [5.41, 5.74) is 0. The molecular formula is C13H12ClFN2O3. The Morgan fingerprint density at radius 3 is 3.10 bits per heavy atom. The van der Waals surface area contributed by atoms with Crippen molar-refractivity contribution in [3.05, 3.63) is 40.8 Å². The highest BCUT2D eigenvalue weighted by Crippen LogP contribution is 2.24. The summed E-state index contributed by atoms with van der Waals surface area (Å²) in [6, 6.07) is 4.13. The van der Waals surface area contributed by atoms with E-state index in [0.717, 1.165) is 13.0 Å². The number of aromatic nitrogens is 2. The Labute approximate surface area is 119 Å². The van der Waals surface area contributed by atoms with Crippen LogP contribution in [0.1, 0.15) is 24.1 Å². The van der Waals surface area contributed by atoms with Crippen LogP contribution in [0.5, 0.6) is 5.75 Å². The van der Waals surface area contributed by atoms with Crippen molar-refractivity contribution in [3.8, 4) is 5.75 Å². The Bertz CT molecular complexity index is 599. The fraction of sp³-hybridized carbons (Fsp3) is 0.385. The molecule has 5 nitrogen and oxygen atoms in total. The first-order valence-electron chi connectivity index (χ1n) is 6.20. The first-order chi connectivity index (χ1) is 9.72. The lowest BCUT2D eigenvalue weighted by Gasteiger charge is -2.03. The number of nitrogens with zero attached hydrogens (tertiary/aromatic N) is 2. The Balaban J connectivity index is 1.61. The average Bonchev–Trinajstić information content (AvgIpc) is 3.09. The highest BCUT2D eigenvalue weighted by molar-refractivity contribution is 6.30. The maximum Gasteiger partial charge on any atom is 0.264 e. The van der Waals surface area contributed by atoms with Crippen molar-refractivity contribution in [2.75, 3.05) is 13.2 Å². The first kappa shape index (κ1) is 13.3. The van der Waals surface area contributed by atoms with E-state index >= 15 is 0 Å². The van der Waals surface area contributed by atoms with Crippen molar-refractivity contribution in [1.82, 2.24) is 10.1 Å². The SMILES string of the molecule is Fc1ccc(OCc2nc(C3CCOC3)no2)cc1Cl. The van der Waals surface area contributed by atoms with Gasteiger partial charge in [0.2, 0.25) is 0 Å². The van der Waals surface area contributed by atoms with Crippen molar-refractivity contribution in [3.63, 3.8) is 0 Å². The maximum absolute atomic E-state index is 13.0. The third kappa shape index (κ3) is 2.91. The summed E-state index contributed by atoms with van der Waals surface area (Å²) in [6.45, 7) is 1.45. The lowest BCUT2D eigenvalue weighted by molar-refractivity contribution is 0.192. The molecule has 2 heterocycles. The molecule has 0 aliphatic carbocycles. The minimum Gasteiger partial charge on any atom is -0.484 e. The number of hydrogen-bond acceptors (Lipinski definition) is 5. The zero-order valence-electron chi connectivity index (χ0n) is 10.5. The minimum absolute atomic E-state index is 0.0109. The Hall–Kier alpha value is -1.66. The second kappa shape index (κ2) is 5.76. The predicted octanol–water partition coefficient (Wildman–Crippen LogP) is 2.95. The maximum atomic E-state index is 13.0. The van der Waals surface area contributed by atoms with Crippen molar-refractivity contribution < 1.29 is 18.4 Å². The van der Waals surface area contributed by atoms with Gasteiger partial charge in [-0.3, -0.25) is 0 Å². The number of ether oxygens (including phenoxy) is 2. The van der Waals surface area contributed by atoms with Gasteiger partial charge in [0.15, 0.2) is 12.4 Å². The zero-order valence-corrected chi connectivity index (χ0v) is 11.3. The third-order valence-electron chi connectivity index (χ3n) is 3.03. The van der Waals surface area contributed by atoms with E-state index in [2.05, 4.69) is 10.1 Å². The number of benzene rings is 1. The Kier molecular flexibility index (Phi) is 3.84. The van der Waals surface area contributed by atoms with E-state index in [1.54, 1.807) is 0 Å². The minimum atomic E-state index is -0.486. The molecule has 1 aliphatic rings. The molecule has 0 spiro atoms. The van der Waals surface area contributed by atoms with Gasteiger partial charge in [0.1, 0.15) is 11.6 Å². The van der Waals surface area contributed by atoms with E-state index in [4.69, 9.17) is 25.6 Å². The van der Waals surface area contributed by atoms with E-state index in [-0.39, 0.29) is 17.5 Å². The molecular weight excluding hydrogens is 287 g/mol. The van der Waals surface area contributed by atoms with Gasteiger partial charge in [0.05, 0.1) is 11.6 Å². The van der Waals surface area contributed by atoms with Crippen LogP contribution in [0, 0.1) is 5.82 Å². The van der Waals surface area contributed by atoms with Gasteiger partial charge in [-0.1, -0.05) is 16.8 Å². The monoisotopic (exact) mass is 298 g/mol. The van der Waals surface area contributed by atoms with Gasteiger partial charge < -0.3 is 14.0 Å². The molecule has 1 aromatic carbocycles. The van der Waals surface area contributed by atoms with Crippen molar-refractivity contribution in [2.45, 2.75) is 18.9 Å². The lowest BCUT2D eigenvalue weighted by Crippen LogP contribution is -2.01. The van der Waals surface area contributed by atoms with Crippen LogP contribution < -0.4 is 4.74 Å². The predicted molar refractivity (Wildman–Crippen MR) is 68.2 cm³/mol. The van der Waals surface area contributed by atoms with Gasteiger partial charge in [0, 0.05) is 18.6 Å². The number of hydrogen-bond donors (Lipinski definition) is 0. The number of halogens is 2. The fourth-order valence-electron chi connectivity index (χ4n) is 1.94. The third-order valence-corrected chi connectivity index (χ3v) is 3.32. The summed E-state index contributed by atoms with van der Waals surface area (Å²) in [5.74, 6) is 1.15. The average molecular weight is 299 g/mol. The lowest BCUT2D eigenvalue weighted by atomic mass is 10.1. The van der Waals surface area contributed by atoms with Gasteiger partial charge in [-0.2, -0.15) is 4.98 Å². The highest BCUT2D eigenvalue weighted by atomic mass is 35.5. The molecule has 20 heavy (non-hydrogen) atoms. The summed E-state index contributed by atoms with van der Waals surface area (Å²) < 4.78 is 28.8. The van der Waals surface area contributed by atoms with Crippen LogP contribution in [0.2, 0.25) is 5.02 Å². The van der Waals surface area contributed by atoms with Crippen LogP contribution >= 0.6 is 11.6 Å². The Morgan fingerprint density at radius 2 is 2.35 bits per heavy atom. The van der Waals surface area contributed by atoms with Crippen LogP contribution in [-0.2, 0) is 11.3 Å². The molecule has 1 aromatic heterocycles. The van der Waals surface area contributed by atoms with Crippen LogP contribution in [0.25, 0.3) is 0 Å². The van der Waals surface area contributed by atoms with Crippen molar-refractivity contribution in [2.24, 2.45) is 0 Å². The smallest absolute Gasteiger partial charge is 0.264 e. The van der Waals surface area contributed by atoms with E-state index in [9.17, 15) is 4.39 Å². The first-order valence-corrected chi connectivity index (χ1v) is 6.58. The quantitative estimate of drug-likeness (QED) is 0.868. The summed E-state index contributed by atoms with van der Waals surface area (Å²) in [6.07, 6.45) is 0.896. The van der Waals surface area contributed by atoms with Gasteiger partial charge >= 0.3 is 0 Å². The number of rotatable bonds is 4. The van der Waals surface area contributed by atoms with E-state index in [1.165, 1.54) is 18.2 Å². The van der Waals surface area contributed by atoms with E-state index in [0.29, 0.717) is 24.1 Å². The molecule has 1 saturated heterocycles. The van der Waals surface area contributed by atoms with Crippen LogP contribution in [0.4, 0.5) is 4.39 Å². The second-order valence-electron chi connectivity index (χ2n) is 4.47. The molecule has 0 saturated carbocycles. The molecule has 7 heteroatoms. The molecule has 2 aromatic rings. The van der Waals surface area contributed by atoms with Crippen molar-refractivity contribution >= 4 is 11.6 Å². The molecule has 0 radical (unpaired) electrons. The van der Waals surface area contributed by atoms with Crippen LogP contribution in [0.15, 0.2) is 22.7 Å². The fourth-order valence-corrected chi connectivity index (χ4v) is 2.11. The molecule has 3 rings (SSSR count).